The zero-order valence-corrected chi connectivity index (χ0v) is 18.2. The normalized spacial score (nSPS) is 12.1. The molecule has 1 heterocycles. The number of unbranched alkanes of at least 4 members (excludes halogenated alkanes) is 3. The summed E-state index contributed by atoms with van der Waals surface area (Å²) in [5.41, 5.74) is 6.21. The molecule has 152 valence electrons. The summed E-state index contributed by atoms with van der Waals surface area (Å²) in [6.45, 7) is 6.81. The second-order valence-electron chi connectivity index (χ2n) is 8.22. The van der Waals surface area contributed by atoms with E-state index in [0.29, 0.717) is 0 Å². The van der Waals surface area contributed by atoms with E-state index in [1.165, 1.54) is 54.4 Å². The summed E-state index contributed by atoms with van der Waals surface area (Å²) in [5, 5.41) is 0. The van der Waals surface area contributed by atoms with Crippen LogP contribution in [0.5, 0.6) is 0 Å². The van der Waals surface area contributed by atoms with Crippen LogP contribution in [0.2, 0.25) is 0 Å². The van der Waals surface area contributed by atoms with E-state index < -0.39 is 0 Å². The van der Waals surface area contributed by atoms with Gasteiger partial charge in [-0.15, -0.1) is 0 Å². The summed E-state index contributed by atoms with van der Waals surface area (Å²) in [7, 11) is 0. The summed E-state index contributed by atoms with van der Waals surface area (Å²) in [6.07, 6.45) is 12.5. The van der Waals surface area contributed by atoms with Gasteiger partial charge in [0.1, 0.15) is 0 Å². The van der Waals surface area contributed by atoms with Crippen molar-refractivity contribution in [3.05, 3.63) is 72.1 Å². The average molecular weight is 387 g/mol. The van der Waals surface area contributed by atoms with Crippen molar-refractivity contribution in [1.29, 1.82) is 0 Å². The lowest BCUT2D eigenvalue weighted by molar-refractivity contribution is 0.560. The van der Waals surface area contributed by atoms with Crippen molar-refractivity contribution in [1.82, 2.24) is 9.97 Å². The predicted octanol–water partition coefficient (Wildman–Crippen LogP) is 7.52. The Morgan fingerprint density at radius 3 is 1.86 bits per heavy atom. The highest BCUT2D eigenvalue weighted by Crippen LogP contribution is 2.24. The highest BCUT2D eigenvalue weighted by Gasteiger charge is 2.05. The Hall–Kier alpha value is -2.48. The van der Waals surface area contributed by atoms with Gasteiger partial charge in [-0.05, 0) is 47.4 Å². The van der Waals surface area contributed by atoms with Crippen molar-refractivity contribution in [2.24, 2.45) is 5.92 Å². The van der Waals surface area contributed by atoms with Gasteiger partial charge in [0.15, 0.2) is 5.82 Å². The molecule has 0 aliphatic heterocycles. The Morgan fingerprint density at radius 2 is 1.28 bits per heavy atom. The third-order valence-electron chi connectivity index (χ3n) is 5.74. The van der Waals surface area contributed by atoms with Crippen LogP contribution < -0.4 is 0 Å². The summed E-state index contributed by atoms with van der Waals surface area (Å²) in [6, 6.07) is 17.6. The minimum Gasteiger partial charge on any atom is -0.236 e. The summed E-state index contributed by atoms with van der Waals surface area (Å²) < 4.78 is 0. The lowest BCUT2D eigenvalue weighted by Gasteiger charge is -2.09. The highest BCUT2D eigenvalue weighted by molar-refractivity contribution is 5.67. The zero-order valence-electron chi connectivity index (χ0n) is 18.2. The number of benzene rings is 2. The topological polar surface area (TPSA) is 25.8 Å². The summed E-state index contributed by atoms with van der Waals surface area (Å²) in [4.78, 5) is 9.17. The largest absolute Gasteiger partial charge is 0.236 e. The van der Waals surface area contributed by atoms with E-state index in [4.69, 9.17) is 0 Å². The van der Waals surface area contributed by atoms with Gasteiger partial charge in [-0.1, -0.05) is 95.0 Å². The Morgan fingerprint density at radius 1 is 0.690 bits per heavy atom. The molecule has 2 heteroatoms. The Bertz CT molecular complexity index is 849. The number of hydrogen-bond acceptors (Lipinski definition) is 2. The van der Waals surface area contributed by atoms with Crippen LogP contribution in [-0.2, 0) is 12.8 Å². The first-order valence-corrected chi connectivity index (χ1v) is 11.2. The molecule has 0 bridgehead atoms. The van der Waals surface area contributed by atoms with Gasteiger partial charge in [0.25, 0.3) is 0 Å². The molecule has 0 spiro atoms. The Balaban J connectivity index is 1.62. The van der Waals surface area contributed by atoms with E-state index in [1.54, 1.807) is 0 Å². The molecule has 0 fully saturated rings. The maximum absolute atomic E-state index is 4.59. The second kappa shape index (κ2) is 10.9. The van der Waals surface area contributed by atoms with Crippen LogP contribution in [0.25, 0.3) is 22.5 Å². The van der Waals surface area contributed by atoms with Crippen LogP contribution >= 0.6 is 0 Å². The smallest absolute Gasteiger partial charge is 0.159 e. The van der Waals surface area contributed by atoms with Gasteiger partial charge in [0.05, 0.1) is 0 Å². The molecule has 0 amide bonds. The standard InChI is InChI=1S/C27H34N2/c1-4-6-7-8-9-23-19-28-27(29-20-23)26-16-14-25(15-17-26)24-12-10-22(11-13-24)18-21(3)5-2/h10-17,19-21H,4-9,18H2,1-3H3/t21-/m0/s1. The van der Waals surface area contributed by atoms with Crippen molar-refractivity contribution in [2.45, 2.75) is 65.7 Å². The number of aromatic nitrogens is 2. The predicted molar refractivity (Wildman–Crippen MR) is 124 cm³/mol. The van der Waals surface area contributed by atoms with Crippen molar-refractivity contribution < 1.29 is 0 Å². The third kappa shape index (κ3) is 6.25. The molecule has 0 aliphatic carbocycles. The maximum Gasteiger partial charge on any atom is 0.159 e. The van der Waals surface area contributed by atoms with Crippen molar-refractivity contribution >= 4 is 0 Å². The fourth-order valence-electron chi connectivity index (χ4n) is 3.58. The minimum atomic E-state index is 0.739. The van der Waals surface area contributed by atoms with E-state index in [9.17, 15) is 0 Å². The molecule has 0 radical (unpaired) electrons. The van der Waals surface area contributed by atoms with Crippen molar-refractivity contribution in [2.75, 3.05) is 0 Å². The van der Waals surface area contributed by atoms with Crippen molar-refractivity contribution in [3.8, 4) is 22.5 Å². The molecule has 2 aromatic carbocycles. The van der Waals surface area contributed by atoms with Gasteiger partial charge < -0.3 is 0 Å². The van der Waals surface area contributed by atoms with Gasteiger partial charge in [0, 0.05) is 18.0 Å². The van der Waals surface area contributed by atoms with Gasteiger partial charge in [-0.2, -0.15) is 0 Å². The number of nitrogens with zero attached hydrogens (tertiary/aromatic N) is 2. The van der Waals surface area contributed by atoms with Gasteiger partial charge in [-0.3, -0.25) is 0 Å². The van der Waals surface area contributed by atoms with Gasteiger partial charge >= 0.3 is 0 Å². The average Bonchev–Trinajstić information content (AvgIpc) is 2.78. The third-order valence-corrected chi connectivity index (χ3v) is 5.74. The van der Waals surface area contributed by atoms with Crippen LogP contribution in [0.15, 0.2) is 60.9 Å². The minimum absolute atomic E-state index is 0.739. The molecule has 29 heavy (non-hydrogen) atoms. The molecule has 0 saturated heterocycles. The van der Waals surface area contributed by atoms with E-state index in [-0.39, 0.29) is 0 Å². The van der Waals surface area contributed by atoms with Crippen molar-refractivity contribution in [3.63, 3.8) is 0 Å². The second-order valence-corrected chi connectivity index (χ2v) is 8.22. The molecular weight excluding hydrogens is 352 g/mol. The van der Waals surface area contributed by atoms with Crippen LogP contribution in [0, 0.1) is 5.92 Å². The molecule has 3 rings (SSSR count). The fourth-order valence-corrected chi connectivity index (χ4v) is 3.58. The Labute approximate surface area is 176 Å². The molecule has 2 nitrogen and oxygen atoms in total. The quantitative estimate of drug-likeness (QED) is 0.337. The molecule has 3 aromatic rings. The number of hydrogen-bond donors (Lipinski definition) is 0. The lowest BCUT2D eigenvalue weighted by Crippen LogP contribution is -1.97. The highest BCUT2D eigenvalue weighted by atomic mass is 14.9. The monoisotopic (exact) mass is 386 g/mol. The molecule has 0 unspecified atom stereocenters. The molecule has 1 atom stereocenters. The van der Waals surface area contributed by atoms with Gasteiger partial charge in [0.2, 0.25) is 0 Å². The van der Waals surface area contributed by atoms with Gasteiger partial charge in [-0.25, -0.2) is 9.97 Å². The van der Waals surface area contributed by atoms with Crippen LogP contribution in [0.4, 0.5) is 0 Å². The van der Waals surface area contributed by atoms with Crippen LogP contribution in [0.1, 0.15) is 64.0 Å². The summed E-state index contributed by atoms with van der Waals surface area (Å²) >= 11 is 0. The first kappa shape index (κ1) is 21.2. The molecular formula is C27H34N2. The fraction of sp³-hybridized carbons (Fsp3) is 0.407. The Kier molecular flexibility index (Phi) is 7.98. The first-order valence-electron chi connectivity index (χ1n) is 11.2. The van der Waals surface area contributed by atoms with E-state index in [2.05, 4.69) is 79.3 Å². The maximum atomic E-state index is 4.59. The SMILES string of the molecule is CCCCCCc1cnc(-c2ccc(-c3ccc(C[C@@H](C)CC)cc3)cc2)nc1. The molecule has 0 saturated carbocycles. The lowest BCUT2D eigenvalue weighted by atomic mass is 9.96. The van der Waals surface area contributed by atoms with Crippen LogP contribution in [-0.4, -0.2) is 9.97 Å². The van der Waals surface area contributed by atoms with Crippen LogP contribution in [0.3, 0.4) is 0 Å². The number of rotatable bonds is 10. The molecule has 1 aromatic heterocycles. The molecule has 0 N–H and O–H groups in total. The first-order chi connectivity index (χ1) is 14.2. The van der Waals surface area contributed by atoms with E-state index in [0.717, 1.165) is 30.1 Å². The van der Waals surface area contributed by atoms with E-state index in [1.807, 2.05) is 12.4 Å². The van der Waals surface area contributed by atoms with E-state index >= 15 is 0 Å². The zero-order chi connectivity index (χ0) is 20.5. The molecule has 0 aliphatic rings. The number of aryl methyl sites for hydroxylation is 1. The summed E-state index contributed by atoms with van der Waals surface area (Å²) in [5.74, 6) is 1.54.